The third-order valence-electron chi connectivity index (χ3n) is 2.13. The molecule has 3 nitrogen and oxygen atoms in total. The van der Waals surface area contributed by atoms with Crippen molar-refractivity contribution < 1.29 is 9.53 Å². The van der Waals surface area contributed by atoms with Crippen LogP contribution in [0.4, 0.5) is 0 Å². The molecule has 0 radical (unpaired) electrons. The Bertz CT molecular complexity index is 339. The number of benzene rings is 1. The summed E-state index contributed by atoms with van der Waals surface area (Å²) in [6.45, 7) is 2.52. The number of hydrogen-bond donors (Lipinski definition) is 1. The Balaban J connectivity index is 0.00000196. The van der Waals surface area contributed by atoms with E-state index in [2.05, 4.69) is 4.74 Å². The third kappa shape index (κ3) is 3.53. The first-order valence-corrected chi connectivity index (χ1v) is 4.57. The number of halogens is 1. The number of rotatable bonds is 3. The summed E-state index contributed by atoms with van der Waals surface area (Å²) in [5.41, 5.74) is 8.15. The molecule has 0 fully saturated rings. The number of nitrogens with two attached hydrogens (primary N) is 1. The molecule has 0 saturated carbocycles. The van der Waals surface area contributed by atoms with Gasteiger partial charge in [-0.2, -0.15) is 0 Å². The molecule has 1 aromatic carbocycles. The Morgan fingerprint density at radius 3 is 2.60 bits per heavy atom. The highest BCUT2D eigenvalue weighted by Crippen LogP contribution is 2.12. The van der Waals surface area contributed by atoms with E-state index >= 15 is 0 Å². The normalized spacial score (nSPS) is 9.27. The first kappa shape index (κ1) is 13.9. The van der Waals surface area contributed by atoms with E-state index in [9.17, 15) is 4.79 Å². The van der Waals surface area contributed by atoms with Crippen molar-refractivity contribution >= 4 is 18.4 Å². The summed E-state index contributed by atoms with van der Waals surface area (Å²) in [6.07, 6.45) is 0.836. The maximum atomic E-state index is 11.3. The van der Waals surface area contributed by atoms with Crippen LogP contribution in [-0.4, -0.2) is 19.6 Å². The van der Waals surface area contributed by atoms with Crippen LogP contribution in [0.15, 0.2) is 18.2 Å². The summed E-state index contributed by atoms with van der Waals surface area (Å²) in [4.78, 5) is 11.3. The molecule has 0 atom stereocenters. The van der Waals surface area contributed by atoms with E-state index in [0.717, 1.165) is 17.5 Å². The van der Waals surface area contributed by atoms with Crippen molar-refractivity contribution in [3.8, 4) is 0 Å². The Morgan fingerprint density at radius 1 is 1.47 bits per heavy atom. The number of carbonyl (C=O) groups excluding carboxylic acids is 1. The van der Waals surface area contributed by atoms with Gasteiger partial charge in [0.1, 0.15) is 0 Å². The highest BCUT2D eigenvalue weighted by molar-refractivity contribution is 5.90. The largest absolute Gasteiger partial charge is 0.465 e. The second-order valence-corrected chi connectivity index (χ2v) is 3.18. The minimum atomic E-state index is -0.290. The molecule has 2 N–H and O–H groups in total. The van der Waals surface area contributed by atoms with Crippen LogP contribution < -0.4 is 5.73 Å². The highest BCUT2D eigenvalue weighted by Gasteiger charge is 2.08. The number of methoxy groups -OCH3 is 1. The summed E-state index contributed by atoms with van der Waals surface area (Å²) in [5, 5.41) is 0. The molecule has 84 valence electrons. The molecule has 1 rings (SSSR count). The van der Waals surface area contributed by atoms with Crippen LogP contribution in [0.5, 0.6) is 0 Å². The van der Waals surface area contributed by atoms with E-state index in [1.807, 2.05) is 19.1 Å². The fraction of sp³-hybridized carbons (Fsp3) is 0.364. The van der Waals surface area contributed by atoms with E-state index in [-0.39, 0.29) is 18.4 Å². The zero-order chi connectivity index (χ0) is 10.6. The van der Waals surface area contributed by atoms with Crippen molar-refractivity contribution in [1.82, 2.24) is 0 Å². The highest BCUT2D eigenvalue weighted by atomic mass is 35.5. The molecule has 0 aliphatic heterocycles. The Hall–Kier alpha value is -1.06. The second kappa shape index (κ2) is 6.43. The first-order chi connectivity index (χ1) is 6.69. The van der Waals surface area contributed by atoms with Crippen molar-refractivity contribution in [3.63, 3.8) is 0 Å². The van der Waals surface area contributed by atoms with Crippen LogP contribution >= 0.6 is 12.4 Å². The van der Waals surface area contributed by atoms with Gasteiger partial charge in [0.15, 0.2) is 0 Å². The molecule has 0 saturated heterocycles. The van der Waals surface area contributed by atoms with Gasteiger partial charge in [0.2, 0.25) is 0 Å². The summed E-state index contributed by atoms with van der Waals surface area (Å²) in [6, 6.07) is 5.66. The monoisotopic (exact) mass is 229 g/mol. The lowest BCUT2D eigenvalue weighted by Crippen LogP contribution is -2.06. The van der Waals surface area contributed by atoms with Gasteiger partial charge < -0.3 is 10.5 Å². The SMILES string of the molecule is COC(=O)c1ccc(CCN)cc1C.Cl. The average molecular weight is 230 g/mol. The molecule has 0 unspecified atom stereocenters. The molecule has 0 amide bonds. The van der Waals surface area contributed by atoms with Gasteiger partial charge in [-0.25, -0.2) is 4.79 Å². The zero-order valence-corrected chi connectivity index (χ0v) is 9.76. The van der Waals surface area contributed by atoms with E-state index in [0.29, 0.717) is 12.1 Å². The summed E-state index contributed by atoms with van der Waals surface area (Å²) >= 11 is 0. The predicted octanol–water partition coefficient (Wildman–Crippen LogP) is 1.70. The topological polar surface area (TPSA) is 52.3 Å². The zero-order valence-electron chi connectivity index (χ0n) is 8.95. The van der Waals surface area contributed by atoms with Crippen LogP contribution in [0.3, 0.4) is 0 Å². The fourth-order valence-corrected chi connectivity index (χ4v) is 1.39. The molecular weight excluding hydrogens is 214 g/mol. The predicted molar refractivity (Wildman–Crippen MR) is 62.5 cm³/mol. The summed E-state index contributed by atoms with van der Waals surface area (Å²) in [7, 11) is 1.38. The van der Waals surface area contributed by atoms with Gasteiger partial charge in [-0.3, -0.25) is 0 Å². The summed E-state index contributed by atoms with van der Waals surface area (Å²) in [5.74, 6) is -0.290. The third-order valence-corrected chi connectivity index (χ3v) is 2.13. The van der Waals surface area contributed by atoms with Crippen molar-refractivity contribution in [2.75, 3.05) is 13.7 Å². The standard InChI is InChI=1S/C11H15NO2.ClH/c1-8-7-9(5-6-12)3-4-10(8)11(13)14-2;/h3-4,7H,5-6,12H2,1-2H3;1H. The van der Waals surface area contributed by atoms with Gasteiger partial charge in [0.05, 0.1) is 12.7 Å². The number of ether oxygens (including phenoxy) is 1. The van der Waals surface area contributed by atoms with Gasteiger partial charge in [0.25, 0.3) is 0 Å². The molecule has 15 heavy (non-hydrogen) atoms. The molecule has 4 heteroatoms. The van der Waals surface area contributed by atoms with Gasteiger partial charge in [-0.1, -0.05) is 12.1 Å². The van der Waals surface area contributed by atoms with E-state index in [1.165, 1.54) is 7.11 Å². The maximum Gasteiger partial charge on any atom is 0.338 e. The van der Waals surface area contributed by atoms with Crippen LogP contribution in [0.1, 0.15) is 21.5 Å². The Morgan fingerprint density at radius 2 is 2.13 bits per heavy atom. The molecule has 1 aromatic rings. The van der Waals surface area contributed by atoms with Crippen LogP contribution in [0, 0.1) is 6.92 Å². The lowest BCUT2D eigenvalue weighted by atomic mass is 10.0. The average Bonchev–Trinajstić information content (AvgIpc) is 2.17. The van der Waals surface area contributed by atoms with Crippen LogP contribution in [-0.2, 0) is 11.2 Å². The molecule has 0 aliphatic carbocycles. The van der Waals surface area contributed by atoms with E-state index in [1.54, 1.807) is 6.07 Å². The molecular formula is C11H16ClNO2. The van der Waals surface area contributed by atoms with E-state index in [4.69, 9.17) is 5.73 Å². The van der Waals surface area contributed by atoms with Gasteiger partial charge in [-0.15, -0.1) is 12.4 Å². The van der Waals surface area contributed by atoms with Crippen molar-refractivity contribution in [3.05, 3.63) is 34.9 Å². The van der Waals surface area contributed by atoms with Gasteiger partial charge in [-0.05, 0) is 37.1 Å². The number of esters is 1. The second-order valence-electron chi connectivity index (χ2n) is 3.18. The van der Waals surface area contributed by atoms with Crippen LogP contribution in [0.25, 0.3) is 0 Å². The Kier molecular flexibility index (Phi) is 5.97. The van der Waals surface area contributed by atoms with Crippen LogP contribution in [0.2, 0.25) is 0 Å². The van der Waals surface area contributed by atoms with Gasteiger partial charge >= 0.3 is 5.97 Å². The lowest BCUT2D eigenvalue weighted by Gasteiger charge is -2.05. The van der Waals surface area contributed by atoms with Gasteiger partial charge in [0, 0.05) is 0 Å². The summed E-state index contributed by atoms with van der Waals surface area (Å²) < 4.78 is 4.65. The maximum absolute atomic E-state index is 11.3. The molecule has 0 bridgehead atoms. The lowest BCUT2D eigenvalue weighted by molar-refractivity contribution is 0.0600. The minimum absolute atomic E-state index is 0. The molecule has 0 spiro atoms. The number of carbonyl (C=O) groups is 1. The number of hydrogen-bond acceptors (Lipinski definition) is 3. The molecule has 0 heterocycles. The van der Waals surface area contributed by atoms with Crippen molar-refractivity contribution in [2.24, 2.45) is 5.73 Å². The minimum Gasteiger partial charge on any atom is -0.465 e. The fourth-order valence-electron chi connectivity index (χ4n) is 1.39. The quantitative estimate of drug-likeness (QED) is 0.803. The smallest absolute Gasteiger partial charge is 0.338 e. The van der Waals surface area contributed by atoms with E-state index < -0.39 is 0 Å². The molecule has 0 aromatic heterocycles. The van der Waals surface area contributed by atoms with Crippen molar-refractivity contribution in [1.29, 1.82) is 0 Å². The molecule has 0 aliphatic rings. The Labute approximate surface area is 96.0 Å². The first-order valence-electron chi connectivity index (χ1n) is 4.57. The number of aryl methyl sites for hydroxylation is 1. The van der Waals surface area contributed by atoms with Crippen molar-refractivity contribution in [2.45, 2.75) is 13.3 Å².